The highest BCUT2D eigenvalue weighted by atomic mass is 16.4. The molecular formula is C12H19N3O2. The van der Waals surface area contributed by atoms with Crippen LogP contribution in [0.5, 0.6) is 0 Å². The van der Waals surface area contributed by atoms with Crippen LogP contribution in [0.3, 0.4) is 0 Å². The highest BCUT2D eigenvalue weighted by molar-refractivity contribution is 5.75. The minimum absolute atomic E-state index is 0.554. The first-order valence-electron chi connectivity index (χ1n) is 6.06. The Morgan fingerprint density at radius 1 is 1.41 bits per heavy atom. The number of imidazole rings is 1. The van der Waals surface area contributed by atoms with E-state index in [9.17, 15) is 9.90 Å². The van der Waals surface area contributed by atoms with Crippen LogP contribution in [-0.4, -0.2) is 38.6 Å². The standard InChI is InChI=1S/C12H19N3O2/c1-9-13-8-10(14(9)2)11(12(16)17)15-6-4-3-5-7-15/h8,11H,3-7H2,1-2H3,(H,16,17). The maximum absolute atomic E-state index is 11.5. The smallest absolute Gasteiger partial charge is 0.327 e. The number of aryl methyl sites for hydroxylation is 1. The van der Waals surface area contributed by atoms with Crippen LogP contribution in [0.15, 0.2) is 6.20 Å². The molecule has 1 N–H and O–H groups in total. The zero-order valence-electron chi connectivity index (χ0n) is 10.4. The summed E-state index contributed by atoms with van der Waals surface area (Å²) < 4.78 is 1.87. The second-order valence-electron chi connectivity index (χ2n) is 4.63. The first-order valence-corrected chi connectivity index (χ1v) is 6.06. The summed E-state index contributed by atoms with van der Waals surface area (Å²) in [4.78, 5) is 17.7. The summed E-state index contributed by atoms with van der Waals surface area (Å²) in [5.74, 6) is 0.0677. The number of hydrogen-bond donors (Lipinski definition) is 1. The number of nitrogens with zero attached hydrogens (tertiary/aromatic N) is 3. The average molecular weight is 237 g/mol. The zero-order valence-corrected chi connectivity index (χ0v) is 10.4. The molecule has 1 aromatic rings. The molecule has 0 spiro atoms. The van der Waals surface area contributed by atoms with Crippen molar-refractivity contribution >= 4 is 5.97 Å². The van der Waals surface area contributed by atoms with Gasteiger partial charge in [-0.3, -0.25) is 9.69 Å². The van der Waals surface area contributed by atoms with Crippen molar-refractivity contribution in [2.75, 3.05) is 13.1 Å². The van der Waals surface area contributed by atoms with Gasteiger partial charge in [0.2, 0.25) is 0 Å². The quantitative estimate of drug-likeness (QED) is 0.862. The fourth-order valence-corrected chi connectivity index (χ4v) is 2.42. The van der Waals surface area contributed by atoms with Crippen LogP contribution in [0.4, 0.5) is 0 Å². The van der Waals surface area contributed by atoms with Gasteiger partial charge in [0, 0.05) is 7.05 Å². The van der Waals surface area contributed by atoms with Crippen molar-refractivity contribution in [2.45, 2.75) is 32.2 Å². The topological polar surface area (TPSA) is 58.4 Å². The van der Waals surface area contributed by atoms with Gasteiger partial charge in [-0.05, 0) is 32.9 Å². The molecule has 17 heavy (non-hydrogen) atoms. The van der Waals surface area contributed by atoms with E-state index >= 15 is 0 Å². The normalized spacial score (nSPS) is 19.2. The molecule has 0 aromatic carbocycles. The lowest BCUT2D eigenvalue weighted by Crippen LogP contribution is -2.38. The lowest BCUT2D eigenvalue weighted by Gasteiger charge is -2.32. The molecule has 1 atom stereocenters. The van der Waals surface area contributed by atoms with Crippen molar-refractivity contribution in [3.8, 4) is 0 Å². The lowest BCUT2D eigenvalue weighted by atomic mass is 10.1. The number of piperidine rings is 1. The molecule has 0 radical (unpaired) electrons. The Balaban J connectivity index is 2.28. The monoisotopic (exact) mass is 237 g/mol. The van der Waals surface area contributed by atoms with Crippen LogP contribution in [0.1, 0.15) is 36.8 Å². The molecule has 94 valence electrons. The van der Waals surface area contributed by atoms with Gasteiger partial charge in [-0.2, -0.15) is 0 Å². The van der Waals surface area contributed by atoms with E-state index in [4.69, 9.17) is 0 Å². The predicted molar refractivity (Wildman–Crippen MR) is 63.7 cm³/mol. The number of carboxylic acids is 1. The van der Waals surface area contributed by atoms with Gasteiger partial charge in [-0.15, -0.1) is 0 Å². The van der Waals surface area contributed by atoms with Crippen LogP contribution in [0.25, 0.3) is 0 Å². The van der Waals surface area contributed by atoms with Crippen LogP contribution in [0.2, 0.25) is 0 Å². The predicted octanol–water partition coefficient (Wildman–Crippen LogP) is 1.34. The van der Waals surface area contributed by atoms with E-state index in [0.717, 1.165) is 37.4 Å². The first-order chi connectivity index (χ1) is 8.11. The van der Waals surface area contributed by atoms with Crippen molar-refractivity contribution in [2.24, 2.45) is 7.05 Å². The third-order valence-electron chi connectivity index (χ3n) is 3.53. The van der Waals surface area contributed by atoms with Gasteiger partial charge in [0.05, 0.1) is 11.9 Å². The van der Waals surface area contributed by atoms with E-state index in [1.807, 2.05) is 23.4 Å². The van der Waals surface area contributed by atoms with Crippen molar-refractivity contribution < 1.29 is 9.90 Å². The maximum Gasteiger partial charge on any atom is 0.327 e. The second-order valence-corrected chi connectivity index (χ2v) is 4.63. The number of likely N-dealkylation sites (tertiary alicyclic amines) is 1. The molecule has 1 unspecified atom stereocenters. The fourth-order valence-electron chi connectivity index (χ4n) is 2.42. The largest absolute Gasteiger partial charge is 0.480 e. The number of aromatic nitrogens is 2. The van der Waals surface area contributed by atoms with Gasteiger partial charge in [0.1, 0.15) is 5.82 Å². The molecule has 2 heterocycles. The Morgan fingerprint density at radius 3 is 2.53 bits per heavy atom. The summed E-state index contributed by atoms with van der Waals surface area (Å²) in [6.07, 6.45) is 5.05. The molecule has 1 saturated heterocycles. The third kappa shape index (κ3) is 2.34. The highest BCUT2D eigenvalue weighted by Crippen LogP contribution is 2.25. The summed E-state index contributed by atoms with van der Waals surface area (Å²) >= 11 is 0. The van der Waals surface area contributed by atoms with Crippen LogP contribution >= 0.6 is 0 Å². The Bertz CT molecular complexity index is 408. The molecule has 5 heteroatoms. The fraction of sp³-hybridized carbons (Fsp3) is 0.667. The van der Waals surface area contributed by atoms with Crippen LogP contribution < -0.4 is 0 Å². The van der Waals surface area contributed by atoms with Gasteiger partial charge in [-0.1, -0.05) is 6.42 Å². The Kier molecular flexibility index (Phi) is 3.47. The molecule has 0 bridgehead atoms. The molecule has 5 nitrogen and oxygen atoms in total. The molecule has 1 aliphatic rings. The van der Waals surface area contributed by atoms with E-state index in [2.05, 4.69) is 4.98 Å². The number of aliphatic carboxylic acids is 1. The van der Waals surface area contributed by atoms with Gasteiger partial charge in [-0.25, -0.2) is 4.98 Å². The van der Waals surface area contributed by atoms with E-state index in [1.54, 1.807) is 6.20 Å². The first kappa shape index (κ1) is 12.1. The van der Waals surface area contributed by atoms with Gasteiger partial charge < -0.3 is 9.67 Å². The number of rotatable bonds is 3. The van der Waals surface area contributed by atoms with Crippen molar-refractivity contribution in [3.63, 3.8) is 0 Å². The molecule has 2 rings (SSSR count). The average Bonchev–Trinajstić information content (AvgIpc) is 2.63. The molecular weight excluding hydrogens is 218 g/mol. The molecule has 1 aromatic heterocycles. The van der Waals surface area contributed by atoms with Crippen LogP contribution in [-0.2, 0) is 11.8 Å². The van der Waals surface area contributed by atoms with E-state index in [0.29, 0.717) is 0 Å². The lowest BCUT2D eigenvalue weighted by molar-refractivity contribution is -0.144. The van der Waals surface area contributed by atoms with Crippen LogP contribution in [0, 0.1) is 6.92 Å². The SMILES string of the molecule is Cc1ncc(C(C(=O)O)N2CCCCC2)n1C. The molecule has 1 aliphatic heterocycles. The van der Waals surface area contributed by atoms with Crippen molar-refractivity contribution in [1.29, 1.82) is 0 Å². The number of hydrogen-bond acceptors (Lipinski definition) is 3. The third-order valence-corrected chi connectivity index (χ3v) is 3.53. The summed E-state index contributed by atoms with van der Waals surface area (Å²) in [5, 5.41) is 9.43. The van der Waals surface area contributed by atoms with E-state index in [1.165, 1.54) is 6.42 Å². The Hall–Kier alpha value is -1.36. The summed E-state index contributed by atoms with van der Waals surface area (Å²) in [5.41, 5.74) is 0.775. The highest BCUT2D eigenvalue weighted by Gasteiger charge is 2.30. The summed E-state index contributed by atoms with van der Waals surface area (Å²) in [6, 6.07) is -0.554. The minimum atomic E-state index is -0.782. The maximum atomic E-state index is 11.5. The Morgan fingerprint density at radius 2 is 2.06 bits per heavy atom. The molecule has 1 fully saturated rings. The Labute approximate surface area is 101 Å². The van der Waals surface area contributed by atoms with Gasteiger partial charge in [0.25, 0.3) is 0 Å². The van der Waals surface area contributed by atoms with Gasteiger partial charge >= 0.3 is 5.97 Å². The minimum Gasteiger partial charge on any atom is -0.480 e. The summed E-state index contributed by atoms with van der Waals surface area (Å²) in [6.45, 7) is 3.61. The van der Waals surface area contributed by atoms with Crippen molar-refractivity contribution in [3.05, 3.63) is 17.7 Å². The molecule has 0 amide bonds. The molecule has 0 aliphatic carbocycles. The number of carbonyl (C=O) groups is 1. The van der Waals surface area contributed by atoms with E-state index in [-0.39, 0.29) is 0 Å². The van der Waals surface area contributed by atoms with Crippen molar-refractivity contribution in [1.82, 2.24) is 14.5 Å². The zero-order chi connectivity index (χ0) is 12.4. The molecule has 0 saturated carbocycles. The van der Waals surface area contributed by atoms with Gasteiger partial charge in [0.15, 0.2) is 6.04 Å². The van der Waals surface area contributed by atoms with E-state index < -0.39 is 12.0 Å². The second kappa shape index (κ2) is 4.87. The number of carboxylic acid groups (broad SMARTS) is 1. The summed E-state index contributed by atoms with van der Waals surface area (Å²) in [7, 11) is 1.87.